The third kappa shape index (κ3) is 22.7. The quantitative estimate of drug-likeness (QED) is 0.0106. The van der Waals surface area contributed by atoms with Crippen molar-refractivity contribution in [3.63, 3.8) is 0 Å². The van der Waals surface area contributed by atoms with E-state index in [9.17, 15) is 38.7 Å². The van der Waals surface area contributed by atoms with Gasteiger partial charge in [-0.3, -0.25) is 19.2 Å². The Hall–Kier alpha value is -7.87. The van der Waals surface area contributed by atoms with Crippen molar-refractivity contribution < 1.29 is 90.7 Å². The number of hydrogen-bond donors (Lipinski definition) is 6. The lowest BCUT2D eigenvalue weighted by molar-refractivity contribution is -0.172. The Labute approximate surface area is 539 Å². The van der Waals surface area contributed by atoms with Gasteiger partial charge in [-0.15, -0.1) is 0 Å². The standard InChI is InChI=1S/C63H88N10O20/c1-6-45-46-37-44(14-15-50(46)69-55-47(45)39-73-52(55)38-49-48(59(73)77)40-92-61(79)63(49,81)7-2)93-56(60(78)82-5)42-10-12-43(13-11-42)68-57(75)51(9-8-17-66-62(64)80)70-58(76)54(41(3)4)71-53(74)16-19-83-21-23-85-25-27-87-29-31-89-33-35-91-36-34-90-32-30-88-28-26-86-24-22-84-20-18-67-72-65/h10-15,37-38,41,51,54,56,81H,6-9,16-36,39-40H2,1-5H3,(H,68,75)(H,70,76)(H,71,74)(H3,64,66,80)/t51-,54-,56?,63-/m0/s1. The second-order valence-corrected chi connectivity index (χ2v) is 21.7. The average molecular weight is 1310 g/mol. The number of aryl methyl sites for hydroxylation is 1. The Morgan fingerprint density at radius 3 is 1.86 bits per heavy atom. The van der Waals surface area contributed by atoms with E-state index in [1.807, 2.05) is 6.92 Å². The van der Waals surface area contributed by atoms with E-state index in [0.717, 1.165) is 16.5 Å². The van der Waals surface area contributed by atoms with Crippen LogP contribution in [0.25, 0.3) is 32.7 Å². The number of aromatic nitrogens is 2. The summed E-state index contributed by atoms with van der Waals surface area (Å²) in [5.41, 5.74) is 15.5. The lowest BCUT2D eigenvalue weighted by Crippen LogP contribution is -2.54. The predicted octanol–water partition coefficient (Wildman–Crippen LogP) is 3.80. The fourth-order valence-corrected chi connectivity index (χ4v) is 10.1. The number of carbonyl (C=O) groups is 6. The predicted molar refractivity (Wildman–Crippen MR) is 336 cm³/mol. The zero-order valence-corrected chi connectivity index (χ0v) is 53.5. The minimum Gasteiger partial charge on any atom is -0.474 e. The number of esters is 2. The molecule has 4 atom stereocenters. The number of rotatable bonds is 46. The lowest BCUT2D eigenvalue weighted by Gasteiger charge is -2.31. The summed E-state index contributed by atoms with van der Waals surface area (Å²) >= 11 is 0. The van der Waals surface area contributed by atoms with Crippen molar-refractivity contribution in [2.75, 3.05) is 144 Å². The molecule has 2 aromatic carbocycles. The molecule has 2 aromatic heterocycles. The highest BCUT2D eigenvalue weighted by molar-refractivity contribution is 5.98. The molecule has 0 bridgehead atoms. The number of azide groups is 1. The van der Waals surface area contributed by atoms with Crippen LogP contribution in [0.4, 0.5) is 10.5 Å². The Kier molecular flexibility index (Phi) is 31.6. The lowest BCUT2D eigenvalue weighted by atomic mass is 9.86. The van der Waals surface area contributed by atoms with Gasteiger partial charge in [0.2, 0.25) is 23.8 Å². The van der Waals surface area contributed by atoms with Crippen LogP contribution in [0.3, 0.4) is 0 Å². The van der Waals surface area contributed by atoms with E-state index < -0.39 is 59.5 Å². The van der Waals surface area contributed by atoms with Gasteiger partial charge in [0, 0.05) is 52.2 Å². The fraction of sp³-hybridized carbons (Fsp3) is 0.587. The second kappa shape index (κ2) is 39.6. The molecule has 0 spiro atoms. The van der Waals surface area contributed by atoms with Gasteiger partial charge in [-0.05, 0) is 79.1 Å². The number of amides is 5. The fourth-order valence-electron chi connectivity index (χ4n) is 10.1. The maximum Gasteiger partial charge on any atom is 0.351 e. The number of carbonyl (C=O) groups excluding carboxylic acids is 6. The van der Waals surface area contributed by atoms with E-state index in [0.29, 0.717) is 146 Å². The maximum atomic E-state index is 13.9. The summed E-state index contributed by atoms with van der Waals surface area (Å²) in [6.07, 6.45) is -0.428. The molecule has 30 nitrogen and oxygen atoms in total. The number of anilines is 1. The minimum absolute atomic E-state index is 0.0129. The minimum atomic E-state index is -1.97. The van der Waals surface area contributed by atoms with E-state index in [-0.39, 0.29) is 87.8 Å². The summed E-state index contributed by atoms with van der Waals surface area (Å²) in [7, 11) is 1.23. The molecule has 0 saturated carbocycles. The van der Waals surface area contributed by atoms with Crippen molar-refractivity contribution in [1.82, 2.24) is 25.5 Å². The van der Waals surface area contributed by atoms with Crippen molar-refractivity contribution >= 4 is 52.3 Å². The molecule has 7 N–H and O–H groups in total. The number of aliphatic hydroxyl groups is 1. The van der Waals surface area contributed by atoms with Gasteiger partial charge in [0.1, 0.15) is 24.4 Å². The first-order valence-electron chi connectivity index (χ1n) is 31.2. The van der Waals surface area contributed by atoms with Gasteiger partial charge in [0.15, 0.2) is 5.60 Å². The summed E-state index contributed by atoms with van der Waals surface area (Å²) < 4.78 is 67.5. The summed E-state index contributed by atoms with van der Waals surface area (Å²) in [6.45, 7) is 14.1. The molecule has 5 amide bonds. The Balaban J connectivity index is 0.891. The van der Waals surface area contributed by atoms with Crippen molar-refractivity contribution in [2.24, 2.45) is 16.8 Å². The molecular formula is C63H88N10O20. The van der Waals surface area contributed by atoms with Crippen LogP contribution in [0.5, 0.6) is 5.75 Å². The highest BCUT2D eigenvalue weighted by Gasteiger charge is 2.45. The molecule has 2 aliphatic heterocycles. The van der Waals surface area contributed by atoms with Crippen LogP contribution in [0.15, 0.2) is 58.4 Å². The topological polar surface area (TPSA) is 391 Å². The normalized spacial score (nSPS) is 14.8. The summed E-state index contributed by atoms with van der Waals surface area (Å²) in [4.78, 5) is 99.9. The smallest absolute Gasteiger partial charge is 0.351 e. The first-order valence-corrected chi connectivity index (χ1v) is 31.2. The number of nitrogens with zero attached hydrogens (tertiary/aromatic N) is 5. The highest BCUT2D eigenvalue weighted by atomic mass is 16.6. The summed E-state index contributed by atoms with van der Waals surface area (Å²) in [5, 5.41) is 26.3. The molecule has 30 heteroatoms. The van der Waals surface area contributed by atoms with Gasteiger partial charge in [0.25, 0.3) is 5.56 Å². The van der Waals surface area contributed by atoms with Crippen LogP contribution < -0.4 is 37.3 Å². The molecule has 6 rings (SSSR count). The van der Waals surface area contributed by atoms with E-state index in [1.54, 1.807) is 73.9 Å². The number of nitrogens with one attached hydrogen (secondary N) is 4. The number of primary amides is 1. The molecule has 2 aliphatic rings. The van der Waals surface area contributed by atoms with Gasteiger partial charge in [-0.2, -0.15) is 0 Å². The van der Waals surface area contributed by atoms with Crippen molar-refractivity contribution in [1.29, 1.82) is 0 Å². The van der Waals surface area contributed by atoms with Gasteiger partial charge in [0.05, 0.1) is 155 Å². The monoisotopic (exact) mass is 1300 g/mol. The van der Waals surface area contributed by atoms with E-state index in [2.05, 4.69) is 31.3 Å². The largest absolute Gasteiger partial charge is 0.474 e. The van der Waals surface area contributed by atoms with Gasteiger partial charge in [-0.25, -0.2) is 19.4 Å². The second-order valence-electron chi connectivity index (χ2n) is 21.7. The number of cyclic esters (lactones) is 1. The molecule has 4 aromatic rings. The van der Waals surface area contributed by atoms with Crippen molar-refractivity contribution in [3.8, 4) is 17.1 Å². The van der Waals surface area contributed by atoms with Crippen molar-refractivity contribution in [2.45, 2.75) is 96.7 Å². The molecule has 0 fully saturated rings. The van der Waals surface area contributed by atoms with Crippen molar-refractivity contribution in [3.05, 3.63) is 97.1 Å². The molecule has 4 heterocycles. The molecule has 1 unspecified atom stereocenters. The van der Waals surface area contributed by atoms with Crippen LogP contribution in [0, 0.1) is 5.92 Å². The third-order valence-corrected chi connectivity index (χ3v) is 15.0. The Bertz CT molecular complexity index is 3200. The Morgan fingerprint density at radius 2 is 1.33 bits per heavy atom. The summed E-state index contributed by atoms with van der Waals surface area (Å²) in [6, 6.07) is 10.2. The summed E-state index contributed by atoms with van der Waals surface area (Å²) in [5.74, 6) is -3.25. The number of urea groups is 1. The number of methoxy groups -OCH3 is 1. The number of fused-ring (bicyclic) bond motifs is 5. The number of hydrogen-bond acceptors (Lipinski definition) is 22. The highest BCUT2D eigenvalue weighted by Crippen LogP contribution is 2.41. The van der Waals surface area contributed by atoms with Gasteiger partial charge >= 0.3 is 18.0 Å². The van der Waals surface area contributed by atoms with Crippen LogP contribution in [0.2, 0.25) is 0 Å². The molecule has 0 aliphatic carbocycles. The SMILES string of the molecule is CCc1c2c(nc3ccc(OC(C(=O)OC)c4ccc(NC(=O)[C@H](CCCNC(N)=O)NC(=O)[C@@H](NC(=O)CCOCCOCCOCCOCCOCCOCCOCCOCCOCCN=[N+]=[N-])C(C)C)cc4)cc13)-c1cc3c(c(=O)n1C2)COC(=O)[C@]3(O)CC. The van der Waals surface area contributed by atoms with E-state index in [4.69, 9.17) is 73.1 Å². The van der Waals surface area contributed by atoms with Gasteiger partial charge < -0.3 is 93.5 Å². The number of pyridine rings is 2. The van der Waals surface area contributed by atoms with Crippen LogP contribution in [-0.4, -0.2) is 202 Å². The van der Waals surface area contributed by atoms with E-state index >= 15 is 0 Å². The number of ether oxygens (including phenoxy) is 12. The maximum absolute atomic E-state index is 13.9. The molecule has 0 saturated heterocycles. The zero-order chi connectivity index (χ0) is 67.0. The number of benzene rings is 2. The van der Waals surface area contributed by atoms with Gasteiger partial charge in [-0.1, -0.05) is 44.9 Å². The number of nitrogens with two attached hydrogens (primary N) is 1. The average Bonchev–Trinajstić information content (AvgIpc) is 1.68. The first kappa shape index (κ1) is 74.2. The molecular weight excluding hydrogens is 1220 g/mol. The molecule has 93 heavy (non-hydrogen) atoms. The first-order chi connectivity index (χ1) is 45.0. The van der Waals surface area contributed by atoms with Crippen LogP contribution in [0.1, 0.15) is 87.3 Å². The molecule has 510 valence electrons. The zero-order valence-electron chi connectivity index (χ0n) is 53.5. The van der Waals surface area contributed by atoms with Crippen LogP contribution in [-0.2, 0) is 101 Å². The Morgan fingerprint density at radius 1 is 0.763 bits per heavy atom. The van der Waals surface area contributed by atoms with E-state index in [1.165, 1.54) is 7.11 Å². The molecule has 0 radical (unpaired) electrons. The third-order valence-electron chi connectivity index (χ3n) is 15.0. The van der Waals surface area contributed by atoms with Crippen LogP contribution >= 0.6 is 0 Å².